The van der Waals surface area contributed by atoms with Crippen molar-refractivity contribution in [2.24, 2.45) is 11.3 Å². The summed E-state index contributed by atoms with van der Waals surface area (Å²) in [6, 6.07) is 0.721. The Balaban J connectivity index is 1.68. The Labute approximate surface area is 113 Å². The van der Waals surface area contributed by atoms with Gasteiger partial charge in [0.05, 0.1) is 0 Å². The second kappa shape index (κ2) is 6.91. The minimum Gasteiger partial charge on any atom is -0.315 e. The molecule has 2 rings (SSSR count). The van der Waals surface area contributed by atoms with Gasteiger partial charge in [-0.15, -0.1) is 0 Å². The number of hydrogen-bond acceptors (Lipinski definition) is 2. The zero-order valence-electron chi connectivity index (χ0n) is 12.4. The third kappa shape index (κ3) is 3.71. The van der Waals surface area contributed by atoms with E-state index in [2.05, 4.69) is 24.5 Å². The molecule has 2 nitrogen and oxygen atoms in total. The fourth-order valence-corrected chi connectivity index (χ4v) is 3.91. The van der Waals surface area contributed by atoms with Crippen LogP contribution >= 0.6 is 0 Å². The molecule has 1 aliphatic heterocycles. The fourth-order valence-electron chi connectivity index (χ4n) is 3.91. The van der Waals surface area contributed by atoms with Crippen molar-refractivity contribution in [1.29, 1.82) is 0 Å². The Kier molecular flexibility index (Phi) is 5.50. The highest BCUT2D eigenvalue weighted by Crippen LogP contribution is 2.40. The van der Waals surface area contributed by atoms with Crippen LogP contribution in [-0.2, 0) is 0 Å². The van der Waals surface area contributed by atoms with Gasteiger partial charge in [-0.1, -0.05) is 33.1 Å². The molecule has 1 aliphatic carbocycles. The lowest BCUT2D eigenvalue weighted by molar-refractivity contribution is 0.245. The molecule has 1 saturated carbocycles. The van der Waals surface area contributed by atoms with Crippen LogP contribution in [-0.4, -0.2) is 25.7 Å². The van der Waals surface area contributed by atoms with Crippen molar-refractivity contribution in [3.05, 3.63) is 0 Å². The number of piperidine rings is 1. The molecule has 18 heavy (non-hydrogen) atoms. The van der Waals surface area contributed by atoms with Crippen LogP contribution in [0.15, 0.2) is 0 Å². The molecule has 2 heteroatoms. The van der Waals surface area contributed by atoms with Crippen LogP contribution in [0.3, 0.4) is 0 Å². The molecule has 0 spiro atoms. The van der Waals surface area contributed by atoms with Gasteiger partial charge in [0.15, 0.2) is 0 Å². The van der Waals surface area contributed by atoms with Gasteiger partial charge in [-0.2, -0.15) is 0 Å². The lowest BCUT2D eigenvalue weighted by Crippen LogP contribution is -2.46. The van der Waals surface area contributed by atoms with E-state index >= 15 is 0 Å². The molecule has 2 fully saturated rings. The Bertz CT molecular complexity index is 233. The van der Waals surface area contributed by atoms with Crippen LogP contribution in [0.25, 0.3) is 0 Å². The maximum absolute atomic E-state index is 3.77. The summed E-state index contributed by atoms with van der Waals surface area (Å²) in [7, 11) is 0. The van der Waals surface area contributed by atoms with Gasteiger partial charge in [0.1, 0.15) is 0 Å². The van der Waals surface area contributed by atoms with Gasteiger partial charge >= 0.3 is 0 Å². The van der Waals surface area contributed by atoms with Crippen LogP contribution in [0, 0.1) is 11.3 Å². The summed E-state index contributed by atoms with van der Waals surface area (Å²) in [5.74, 6) is 0.963. The maximum atomic E-state index is 3.77. The van der Waals surface area contributed by atoms with Gasteiger partial charge in [0, 0.05) is 19.1 Å². The molecule has 2 unspecified atom stereocenters. The minimum absolute atomic E-state index is 0.638. The Morgan fingerprint density at radius 2 is 2.00 bits per heavy atom. The predicted molar refractivity (Wildman–Crippen MR) is 78.9 cm³/mol. The zero-order valence-corrected chi connectivity index (χ0v) is 12.4. The lowest BCUT2D eigenvalue weighted by Gasteiger charge is -2.32. The lowest BCUT2D eigenvalue weighted by atomic mass is 9.83. The first kappa shape index (κ1) is 14.3. The predicted octanol–water partition coefficient (Wildman–Crippen LogP) is 3.32. The van der Waals surface area contributed by atoms with Crippen LogP contribution in [0.4, 0.5) is 0 Å². The molecule has 2 atom stereocenters. The minimum atomic E-state index is 0.638. The standard InChI is InChI=1S/C16H32N2/c1-3-14-7-10-18-15(11-14)12-17-13-16(4-2)8-5-6-9-16/h14-15,17-18H,3-13H2,1-2H3. The molecular weight excluding hydrogens is 220 g/mol. The Hall–Kier alpha value is -0.0800. The van der Waals surface area contributed by atoms with Crippen molar-refractivity contribution in [2.45, 2.75) is 71.3 Å². The molecule has 2 aliphatic rings. The molecule has 0 radical (unpaired) electrons. The average molecular weight is 252 g/mol. The molecule has 0 aromatic heterocycles. The van der Waals surface area contributed by atoms with Crippen LogP contribution < -0.4 is 10.6 Å². The van der Waals surface area contributed by atoms with Crippen LogP contribution in [0.5, 0.6) is 0 Å². The molecule has 2 N–H and O–H groups in total. The molecule has 1 saturated heterocycles. The molecule has 0 amide bonds. The summed E-state index contributed by atoms with van der Waals surface area (Å²) in [6.45, 7) is 8.37. The highest BCUT2D eigenvalue weighted by molar-refractivity contribution is 4.87. The average Bonchev–Trinajstić information content (AvgIpc) is 2.88. The van der Waals surface area contributed by atoms with E-state index in [4.69, 9.17) is 0 Å². The van der Waals surface area contributed by atoms with Crippen LogP contribution in [0.1, 0.15) is 65.2 Å². The van der Waals surface area contributed by atoms with E-state index in [1.807, 2.05) is 0 Å². The normalized spacial score (nSPS) is 31.7. The van der Waals surface area contributed by atoms with Gasteiger partial charge in [-0.25, -0.2) is 0 Å². The quantitative estimate of drug-likeness (QED) is 0.758. The molecule has 1 heterocycles. The molecule has 106 valence electrons. The van der Waals surface area contributed by atoms with Crippen molar-refractivity contribution in [2.75, 3.05) is 19.6 Å². The molecule has 0 aromatic rings. The first-order valence-corrected chi connectivity index (χ1v) is 8.22. The topological polar surface area (TPSA) is 24.1 Å². The van der Waals surface area contributed by atoms with Gasteiger partial charge in [0.2, 0.25) is 0 Å². The summed E-state index contributed by atoms with van der Waals surface area (Å²) in [5, 5.41) is 7.45. The van der Waals surface area contributed by atoms with Crippen molar-refractivity contribution in [3.8, 4) is 0 Å². The second-order valence-corrected chi connectivity index (χ2v) is 6.64. The summed E-state index contributed by atoms with van der Waals surface area (Å²) in [6.07, 6.45) is 11.3. The van der Waals surface area contributed by atoms with Crippen molar-refractivity contribution in [3.63, 3.8) is 0 Å². The van der Waals surface area contributed by atoms with Crippen molar-refractivity contribution < 1.29 is 0 Å². The molecule has 0 aromatic carbocycles. The molecule has 0 bridgehead atoms. The summed E-state index contributed by atoms with van der Waals surface area (Å²) in [4.78, 5) is 0. The Morgan fingerprint density at radius 3 is 2.67 bits per heavy atom. The first-order chi connectivity index (χ1) is 8.78. The zero-order chi connectivity index (χ0) is 12.8. The third-order valence-electron chi connectivity index (χ3n) is 5.49. The van der Waals surface area contributed by atoms with E-state index in [1.165, 1.54) is 71.0 Å². The first-order valence-electron chi connectivity index (χ1n) is 8.22. The summed E-state index contributed by atoms with van der Waals surface area (Å²) >= 11 is 0. The largest absolute Gasteiger partial charge is 0.315 e. The van der Waals surface area contributed by atoms with E-state index in [0.29, 0.717) is 5.41 Å². The Morgan fingerprint density at radius 1 is 1.22 bits per heavy atom. The van der Waals surface area contributed by atoms with Crippen molar-refractivity contribution in [1.82, 2.24) is 10.6 Å². The van der Waals surface area contributed by atoms with Gasteiger partial charge in [-0.3, -0.25) is 0 Å². The number of nitrogens with one attached hydrogen (secondary N) is 2. The summed E-state index contributed by atoms with van der Waals surface area (Å²) in [5.41, 5.74) is 0.638. The van der Waals surface area contributed by atoms with Crippen molar-refractivity contribution >= 4 is 0 Å². The van der Waals surface area contributed by atoms with Gasteiger partial charge in [0.25, 0.3) is 0 Å². The third-order valence-corrected chi connectivity index (χ3v) is 5.49. The van der Waals surface area contributed by atoms with E-state index in [-0.39, 0.29) is 0 Å². The van der Waals surface area contributed by atoms with Gasteiger partial charge < -0.3 is 10.6 Å². The molecular formula is C16H32N2. The van der Waals surface area contributed by atoms with E-state index in [0.717, 1.165) is 12.0 Å². The summed E-state index contributed by atoms with van der Waals surface area (Å²) < 4.78 is 0. The SMILES string of the molecule is CCC1CCNC(CNCC2(CC)CCCC2)C1. The fraction of sp³-hybridized carbons (Fsp3) is 1.00. The van der Waals surface area contributed by atoms with Crippen LogP contribution in [0.2, 0.25) is 0 Å². The van der Waals surface area contributed by atoms with Gasteiger partial charge in [-0.05, 0) is 50.0 Å². The second-order valence-electron chi connectivity index (χ2n) is 6.64. The highest BCUT2D eigenvalue weighted by atomic mass is 15.0. The van der Waals surface area contributed by atoms with E-state index in [1.54, 1.807) is 0 Å². The van der Waals surface area contributed by atoms with E-state index in [9.17, 15) is 0 Å². The monoisotopic (exact) mass is 252 g/mol. The van der Waals surface area contributed by atoms with E-state index < -0.39 is 0 Å². The number of rotatable bonds is 6. The number of hydrogen-bond donors (Lipinski definition) is 2. The maximum Gasteiger partial charge on any atom is 0.0195 e. The smallest absolute Gasteiger partial charge is 0.0195 e. The highest BCUT2D eigenvalue weighted by Gasteiger charge is 2.31.